The topological polar surface area (TPSA) is 41.9 Å². The van der Waals surface area contributed by atoms with Crippen molar-refractivity contribution in [2.45, 2.75) is 58.1 Å². The molecular formula is C31H31FN2O2S. The van der Waals surface area contributed by atoms with Gasteiger partial charge < -0.3 is 4.74 Å². The summed E-state index contributed by atoms with van der Waals surface area (Å²) >= 11 is 1.47. The molecule has 37 heavy (non-hydrogen) atoms. The smallest absolute Gasteiger partial charge is 0.267 e. The Morgan fingerprint density at radius 2 is 1.73 bits per heavy atom. The number of halogens is 1. The van der Waals surface area contributed by atoms with Gasteiger partial charge in [0, 0.05) is 6.04 Å². The summed E-state index contributed by atoms with van der Waals surface area (Å²) < 4.78 is 18.9. The number of aliphatic imine (C=N–C) groups is 1. The van der Waals surface area contributed by atoms with Gasteiger partial charge in [0.05, 0.1) is 10.6 Å². The Kier molecular flexibility index (Phi) is 8.05. The van der Waals surface area contributed by atoms with Gasteiger partial charge in [-0.2, -0.15) is 0 Å². The Labute approximate surface area is 222 Å². The second-order valence-electron chi connectivity index (χ2n) is 9.44. The zero-order valence-corrected chi connectivity index (χ0v) is 21.8. The van der Waals surface area contributed by atoms with Crippen LogP contribution in [0.3, 0.4) is 0 Å². The normalized spacial score (nSPS) is 18.6. The van der Waals surface area contributed by atoms with Gasteiger partial charge >= 0.3 is 0 Å². The van der Waals surface area contributed by atoms with Gasteiger partial charge in [0.25, 0.3) is 5.91 Å². The largest absolute Gasteiger partial charge is 0.489 e. The SMILES string of the molecule is CCc1ccccc1N=C1S/C(=C/c2ccc(OCc3ccc(F)cc3)cc2)C(=O)N1C1CCCCC1. The fourth-order valence-electron chi connectivity index (χ4n) is 4.81. The fourth-order valence-corrected chi connectivity index (χ4v) is 5.86. The highest BCUT2D eigenvalue weighted by molar-refractivity contribution is 8.18. The minimum absolute atomic E-state index is 0.0428. The molecular weight excluding hydrogens is 483 g/mol. The van der Waals surface area contributed by atoms with Crippen molar-refractivity contribution in [3.05, 3.63) is 100 Å². The Hall–Kier alpha value is -3.38. The van der Waals surface area contributed by atoms with E-state index in [0.717, 1.165) is 59.8 Å². The number of aryl methyl sites for hydroxylation is 1. The van der Waals surface area contributed by atoms with Crippen molar-refractivity contribution in [3.8, 4) is 5.75 Å². The number of benzene rings is 3. The average molecular weight is 515 g/mol. The van der Waals surface area contributed by atoms with Crippen LogP contribution in [0.4, 0.5) is 10.1 Å². The first-order valence-electron chi connectivity index (χ1n) is 13.0. The minimum atomic E-state index is -0.259. The molecule has 3 aromatic rings. The first-order chi connectivity index (χ1) is 18.1. The third-order valence-electron chi connectivity index (χ3n) is 6.86. The number of carbonyl (C=O) groups is 1. The van der Waals surface area contributed by atoms with Crippen molar-refractivity contribution < 1.29 is 13.9 Å². The van der Waals surface area contributed by atoms with Gasteiger partial charge in [0.15, 0.2) is 5.17 Å². The van der Waals surface area contributed by atoms with Crippen LogP contribution in [0.1, 0.15) is 55.7 Å². The van der Waals surface area contributed by atoms with Crippen molar-refractivity contribution in [1.29, 1.82) is 0 Å². The van der Waals surface area contributed by atoms with Crippen LogP contribution in [0.5, 0.6) is 5.75 Å². The molecule has 0 unspecified atom stereocenters. The average Bonchev–Trinajstić information content (AvgIpc) is 3.24. The van der Waals surface area contributed by atoms with Crippen molar-refractivity contribution in [1.82, 2.24) is 4.90 Å². The van der Waals surface area contributed by atoms with Crippen LogP contribution < -0.4 is 4.74 Å². The van der Waals surface area contributed by atoms with E-state index in [4.69, 9.17) is 9.73 Å². The van der Waals surface area contributed by atoms with Crippen LogP contribution in [0.25, 0.3) is 6.08 Å². The third kappa shape index (κ3) is 6.13. The molecule has 0 spiro atoms. The summed E-state index contributed by atoms with van der Waals surface area (Å²) in [6.45, 7) is 2.49. The molecule has 190 valence electrons. The lowest BCUT2D eigenvalue weighted by atomic mass is 9.94. The summed E-state index contributed by atoms with van der Waals surface area (Å²) in [7, 11) is 0. The number of carbonyl (C=O) groups excluding carboxylic acids is 1. The van der Waals surface area contributed by atoms with Crippen LogP contribution in [-0.2, 0) is 17.8 Å². The van der Waals surface area contributed by atoms with E-state index in [1.54, 1.807) is 12.1 Å². The van der Waals surface area contributed by atoms with Crippen molar-refractivity contribution in [3.63, 3.8) is 0 Å². The maximum Gasteiger partial charge on any atom is 0.267 e. The minimum Gasteiger partial charge on any atom is -0.489 e. The van der Waals surface area contributed by atoms with E-state index in [1.165, 1.54) is 35.9 Å². The van der Waals surface area contributed by atoms with Gasteiger partial charge in [-0.1, -0.05) is 68.7 Å². The van der Waals surface area contributed by atoms with E-state index in [2.05, 4.69) is 13.0 Å². The molecule has 1 saturated heterocycles. The number of hydrogen-bond donors (Lipinski definition) is 0. The Morgan fingerprint density at radius 1 is 1.00 bits per heavy atom. The lowest BCUT2D eigenvalue weighted by Crippen LogP contribution is -2.40. The second-order valence-corrected chi connectivity index (χ2v) is 10.4. The summed E-state index contributed by atoms with van der Waals surface area (Å²) in [5.41, 5.74) is 3.95. The summed E-state index contributed by atoms with van der Waals surface area (Å²) in [5.74, 6) is 0.505. The molecule has 6 heteroatoms. The molecule has 0 radical (unpaired) electrons. The van der Waals surface area contributed by atoms with Gasteiger partial charge in [-0.05, 0) is 84.1 Å². The summed E-state index contributed by atoms with van der Waals surface area (Å²) in [6, 6.07) is 22.4. The molecule has 1 saturated carbocycles. The van der Waals surface area contributed by atoms with E-state index >= 15 is 0 Å². The van der Waals surface area contributed by atoms with Gasteiger partial charge in [0.1, 0.15) is 18.2 Å². The van der Waals surface area contributed by atoms with Gasteiger partial charge in [-0.3, -0.25) is 9.69 Å². The second kappa shape index (κ2) is 11.8. The molecule has 1 aliphatic heterocycles. The van der Waals surface area contributed by atoms with Crippen LogP contribution in [0.15, 0.2) is 82.7 Å². The third-order valence-corrected chi connectivity index (χ3v) is 7.84. The first-order valence-corrected chi connectivity index (χ1v) is 13.8. The summed E-state index contributed by atoms with van der Waals surface area (Å²) in [4.78, 5) is 21.3. The zero-order valence-electron chi connectivity index (χ0n) is 21.0. The Balaban J connectivity index is 1.36. The number of thioether (sulfide) groups is 1. The number of hydrogen-bond acceptors (Lipinski definition) is 4. The molecule has 3 aromatic carbocycles. The maximum atomic E-state index is 13.6. The molecule has 5 rings (SSSR count). The van der Waals surface area contributed by atoms with Gasteiger partial charge in [-0.25, -0.2) is 9.38 Å². The van der Waals surface area contributed by atoms with E-state index in [0.29, 0.717) is 11.5 Å². The quantitative estimate of drug-likeness (QED) is 0.301. The monoisotopic (exact) mass is 514 g/mol. The summed E-state index contributed by atoms with van der Waals surface area (Å²) in [5, 5.41) is 0.781. The van der Waals surface area contributed by atoms with E-state index < -0.39 is 0 Å². The van der Waals surface area contributed by atoms with Crippen LogP contribution >= 0.6 is 11.8 Å². The molecule has 0 bridgehead atoms. The molecule has 4 nitrogen and oxygen atoms in total. The number of rotatable bonds is 7. The highest BCUT2D eigenvalue weighted by Crippen LogP contribution is 2.39. The van der Waals surface area contributed by atoms with Gasteiger partial charge in [-0.15, -0.1) is 0 Å². The Bertz CT molecular complexity index is 1300. The molecule has 0 aromatic heterocycles. The maximum absolute atomic E-state index is 13.6. The Morgan fingerprint density at radius 3 is 2.46 bits per heavy atom. The molecule has 2 fully saturated rings. The van der Waals surface area contributed by atoms with Crippen LogP contribution in [-0.4, -0.2) is 22.0 Å². The predicted molar refractivity (Wildman–Crippen MR) is 149 cm³/mol. The predicted octanol–water partition coefficient (Wildman–Crippen LogP) is 7.90. The fraction of sp³-hybridized carbons (Fsp3) is 0.290. The van der Waals surface area contributed by atoms with Crippen LogP contribution in [0, 0.1) is 5.82 Å². The molecule has 1 amide bonds. The lowest BCUT2D eigenvalue weighted by Gasteiger charge is -2.30. The zero-order chi connectivity index (χ0) is 25.6. The number of ether oxygens (including phenoxy) is 1. The van der Waals surface area contributed by atoms with E-state index in [1.807, 2.05) is 53.4 Å². The number of amidine groups is 1. The van der Waals surface area contributed by atoms with Crippen LogP contribution in [0.2, 0.25) is 0 Å². The molecule has 2 aliphatic rings. The number of nitrogens with zero attached hydrogens (tertiary/aromatic N) is 2. The molecule has 1 heterocycles. The summed E-state index contributed by atoms with van der Waals surface area (Å²) in [6.07, 6.45) is 8.41. The van der Waals surface area contributed by atoms with E-state index in [9.17, 15) is 9.18 Å². The van der Waals surface area contributed by atoms with Crippen molar-refractivity contribution >= 4 is 34.6 Å². The highest BCUT2D eigenvalue weighted by atomic mass is 32.2. The number of para-hydroxylation sites is 1. The molecule has 0 atom stereocenters. The first kappa shape index (κ1) is 25.3. The lowest BCUT2D eigenvalue weighted by molar-refractivity contribution is -0.124. The highest BCUT2D eigenvalue weighted by Gasteiger charge is 2.38. The van der Waals surface area contributed by atoms with E-state index in [-0.39, 0.29) is 17.8 Å². The molecule has 1 aliphatic carbocycles. The van der Waals surface area contributed by atoms with Crippen molar-refractivity contribution in [2.75, 3.05) is 0 Å². The standard InChI is InChI=1S/C31H31FN2O2S/c1-2-24-8-6-7-11-28(24)33-31-34(26-9-4-3-5-10-26)30(35)29(37-31)20-22-14-18-27(19-15-22)36-21-23-12-16-25(32)17-13-23/h6-8,11-20,26H,2-5,9-10,21H2,1H3/b29-20+,33-31?. The van der Waals surface area contributed by atoms with Gasteiger partial charge in [0.2, 0.25) is 0 Å². The molecule has 0 N–H and O–H groups in total. The number of amides is 1. The van der Waals surface area contributed by atoms with Crippen molar-refractivity contribution in [2.24, 2.45) is 4.99 Å².